The van der Waals surface area contributed by atoms with Crippen LogP contribution in [0.1, 0.15) is 76.2 Å². The zero-order chi connectivity index (χ0) is 17.6. The highest BCUT2D eigenvalue weighted by Gasteiger charge is 2.26. The zero-order valence-corrected chi connectivity index (χ0v) is 13.3. The van der Waals surface area contributed by atoms with Gasteiger partial charge in [0.25, 0.3) is 0 Å². The van der Waals surface area contributed by atoms with Crippen molar-refractivity contribution in [1.29, 1.82) is 0 Å². The van der Waals surface area contributed by atoms with Crippen molar-refractivity contribution in [3.05, 3.63) is 34.4 Å². The number of hydrogen-bond acceptors (Lipinski definition) is 3. The minimum absolute atomic E-state index is 0.104. The average Bonchev–Trinajstić information content (AvgIpc) is 2.49. The van der Waals surface area contributed by atoms with Crippen LogP contribution in [0.15, 0.2) is 12.1 Å². The van der Waals surface area contributed by atoms with Crippen molar-refractivity contribution >= 4 is 17.9 Å². The molecule has 0 aliphatic carbocycles. The topological polar surface area (TPSA) is 112 Å². The number of aromatic carboxylic acids is 3. The molecule has 3 N–H and O–H groups in total. The van der Waals surface area contributed by atoms with Gasteiger partial charge < -0.3 is 15.3 Å². The fourth-order valence-electron chi connectivity index (χ4n) is 2.71. The smallest absolute Gasteiger partial charge is 0.336 e. The van der Waals surface area contributed by atoms with E-state index >= 15 is 0 Å². The summed E-state index contributed by atoms with van der Waals surface area (Å²) in [4.78, 5) is 34.2. The second kappa shape index (κ2) is 8.31. The normalized spacial score (nSPS) is 11.9. The molecule has 0 saturated heterocycles. The van der Waals surface area contributed by atoms with Gasteiger partial charge in [0.15, 0.2) is 0 Å². The molecule has 0 fully saturated rings. The first-order valence-corrected chi connectivity index (χ1v) is 7.69. The minimum atomic E-state index is -1.41. The van der Waals surface area contributed by atoms with Crippen LogP contribution in [-0.2, 0) is 6.42 Å². The first-order chi connectivity index (χ1) is 10.8. The summed E-state index contributed by atoms with van der Waals surface area (Å²) in [5.74, 6) is -3.91. The SMILES string of the molecule is CCCCC(CC)Cc1c(C(=O)O)ccc(C(=O)O)c1C(=O)O. The molecule has 0 amide bonds. The largest absolute Gasteiger partial charge is 0.478 e. The summed E-state index contributed by atoms with van der Waals surface area (Å²) in [6, 6.07) is 2.23. The minimum Gasteiger partial charge on any atom is -0.478 e. The van der Waals surface area contributed by atoms with Crippen molar-refractivity contribution in [3.8, 4) is 0 Å². The van der Waals surface area contributed by atoms with Gasteiger partial charge in [0.05, 0.1) is 16.7 Å². The molecule has 0 aliphatic rings. The average molecular weight is 322 g/mol. The third-order valence-corrected chi connectivity index (χ3v) is 4.02. The Balaban J connectivity index is 3.44. The maximum Gasteiger partial charge on any atom is 0.336 e. The monoisotopic (exact) mass is 322 g/mol. The van der Waals surface area contributed by atoms with Crippen LogP contribution in [0.2, 0.25) is 0 Å². The number of rotatable bonds is 9. The number of benzene rings is 1. The van der Waals surface area contributed by atoms with E-state index in [1.165, 1.54) is 6.07 Å². The molecule has 1 atom stereocenters. The van der Waals surface area contributed by atoms with Gasteiger partial charge in [-0.1, -0.05) is 39.5 Å². The molecule has 0 spiro atoms. The quantitative estimate of drug-likeness (QED) is 0.641. The van der Waals surface area contributed by atoms with E-state index < -0.39 is 23.5 Å². The van der Waals surface area contributed by atoms with Gasteiger partial charge >= 0.3 is 17.9 Å². The van der Waals surface area contributed by atoms with Crippen molar-refractivity contribution in [3.63, 3.8) is 0 Å². The first-order valence-electron chi connectivity index (χ1n) is 7.69. The van der Waals surface area contributed by atoms with Crippen molar-refractivity contribution < 1.29 is 29.7 Å². The molecule has 0 saturated carbocycles. The molecule has 6 nitrogen and oxygen atoms in total. The molecule has 6 heteroatoms. The molecule has 1 rings (SSSR count). The highest BCUT2D eigenvalue weighted by atomic mass is 16.4. The molecule has 0 heterocycles. The van der Waals surface area contributed by atoms with E-state index in [0.717, 1.165) is 31.7 Å². The molecule has 1 aromatic carbocycles. The Morgan fingerprint density at radius 1 is 0.957 bits per heavy atom. The summed E-state index contributed by atoms with van der Waals surface area (Å²) in [5.41, 5.74) is -0.814. The lowest BCUT2D eigenvalue weighted by Crippen LogP contribution is -2.18. The number of unbranched alkanes of at least 4 members (excludes halogenated alkanes) is 1. The Morgan fingerprint density at radius 3 is 1.96 bits per heavy atom. The molecule has 1 aromatic rings. The molecule has 0 bridgehead atoms. The Labute approximate surface area is 134 Å². The summed E-state index contributed by atoms with van der Waals surface area (Å²) in [6.45, 7) is 4.01. The van der Waals surface area contributed by atoms with E-state index in [-0.39, 0.29) is 29.0 Å². The maximum atomic E-state index is 11.5. The van der Waals surface area contributed by atoms with E-state index in [1.807, 2.05) is 13.8 Å². The Hall–Kier alpha value is -2.37. The Kier molecular flexibility index (Phi) is 6.75. The number of hydrogen-bond donors (Lipinski definition) is 3. The molecule has 0 aromatic heterocycles. The summed E-state index contributed by atoms with van der Waals surface area (Å²) < 4.78 is 0. The van der Waals surface area contributed by atoms with E-state index in [9.17, 15) is 29.7 Å². The predicted molar refractivity (Wildman–Crippen MR) is 84.3 cm³/mol. The molecular weight excluding hydrogens is 300 g/mol. The maximum absolute atomic E-state index is 11.5. The number of carboxylic acids is 3. The lowest BCUT2D eigenvalue weighted by atomic mass is 9.85. The molecule has 23 heavy (non-hydrogen) atoms. The highest BCUT2D eigenvalue weighted by Crippen LogP contribution is 2.27. The molecular formula is C17H22O6. The third kappa shape index (κ3) is 4.55. The van der Waals surface area contributed by atoms with Gasteiger partial charge in [0.2, 0.25) is 0 Å². The van der Waals surface area contributed by atoms with Gasteiger partial charge in [-0.05, 0) is 30.0 Å². The second-order valence-electron chi connectivity index (χ2n) is 5.55. The Morgan fingerprint density at radius 2 is 1.52 bits per heavy atom. The summed E-state index contributed by atoms with van der Waals surface area (Å²) in [6.07, 6.45) is 3.82. The van der Waals surface area contributed by atoms with E-state index in [1.54, 1.807) is 0 Å². The van der Waals surface area contributed by atoms with Crippen molar-refractivity contribution in [1.82, 2.24) is 0 Å². The summed E-state index contributed by atoms with van der Waals surface area (Å²) in [7, 11) is 0. The number of carboxylic acid groups (broad SMARTS) is 3. The van der Waals surface area contributed by atoms with Crippen LogP contribution in [0.25, 0.3) is 0 Å². The van der Waals surface area contributed by atoms with Gasteiger partial charge in [-0.25, -0.2) is 14.4 Å². The lowest BCUT2D eigenvalue weighted by molar-refractivity contribution is 0.0647. The Bertz CT molecular complexity index is 605. The van der Waals surface area contributed by atoms with Gasteiger partial charge in [-0.2, -0.15) is 0 Å². The fraction of sp³-hybridized carbons (Fsp3) is 0.471. The predicted octanol–water partition coefficient (Wildman–Crippen LogP) is 3.54. The van der Waals surface area contributed by atoms with Crippen LogP contribution in [0.4, 0.5) is 0 Å². The van der Waals surface area contributed by atoms with E-state index in [2.05, 4.69) is 0 Å². The van der Waals surface area contributed by atoms with Gasteiger partial charge in [0.1, 0.15) is 0 Å². The van der Waals surface area contributed by atoms with Crippen molar-refractivity contribution in [2.45, 2.75) is 46.0 Å². The molecule has 1 unspecified atom stereocenters. The van der Waals surface area contributed by atoms with Crippen LogP contribution >= 0.6 is 0 Å². The lowest BCUT2D eigenvalue weighted by Gasteiger charge is -2.18. The summed E-state index contributed by atoms with van der Waals surface area (Å²) in [5, 5.41) is 27.9. The zero-order valence-electron chi connectivity index (χ0n) is 13.3. The van der Waals surface area contributed by atoms with Crippen molar-refractivity contribution in [2.24, 2.45) is 5.92 Å². The molecule has 126 valence electrons. The van der Waals surface area contributed by atoms with Crippen molar-refractivity contribution in [2.75, 3.05) is 0 Å². The van der Waals surface area contributed by atoms with Gasteiger partial charge in [-0.15, -0.1) is 0 Å². The molecule has 0 radical (unpaired) electrons. The highest BCUT2D eigenvalue weighted by molar-refractivity contribution is 6.05. The number of carbonyl (C=O) groups is 3. The molecule has 0 aliphatic heterocycles. The first kappa shape index (κ1) is 18.7. The van der Waals surface area contributed by atoms with Crippen LogP contribution in [0, 0.1) is 5.92 Å². The van der Waals surface area contributed by atoms with Crippen LogP contribution < -0.4 is 0 Å². The van der Waals surface area contributed by atoms with Gasteiger partial charge in [-0.3, -0.25) is 0 Å². The third-order valence-electron chi connectivity index (χ3n) is 4.02. The van der Waals surface area contributed by atoms with Crippen LogP contribution in [0.5, 0.6) is 0 Å². The standard InChI is InChI=1S/C17H22O6/c1-3-5-6-10(4-2)9-13-11(15(18)19)7-8-12(16(20)21)14(13)17(22)23/h7-8,10H,3-6,9H2,1-2H3,(H,18,19)(H,20,21)(H,22,23). The second-order valence-corrected chi connectivity index (χ2v) is 5.55. The van der Waals surface area contributed by atoms with Crippen LogP contribution in [-0.4, -0.2) is 33.2 Å². The van der Waals surface area contributed by atoms with Crippen LogP contribution in [0.3, 0.4) is 0 Å². The van der Waals surface area contributed by atoms with Gasteiger partial charge in [0, 0.05) is 0 Å². The summed E-state index contributed by atoms with van der Waals surface area (Å²) >= 11 is 0. The fourth-order valence-corrected chi connectivity index (χ4v) is 2.71. The van der Waals surface area contributed by atoms with E-state index in [4.69, 9.17) is 0 Å². The van der Waals surface area contributed by atoms with E-state index in [0.29, 0.717) is 0 Å².